The smallest absolute Gasteiger partial charge is 0.131 e. The maximum atomic E-state index is 10.1. The highest BCUT2D eigenvalue weighted by Gasteiger charge is 2.18. The summed E-state index contributed by atoms with van der Waals surface area (Å²) in [6, 6.07) is 0. The van der Waals surface area contributed by atoms with Crippen LogP contribution in [0.15, 0.2) is 0 Å². The number of carbonyl (C=O) groups is 1. The third kappa shape index (κ3) is 3.36. The van der Waals surface area contributed by atoms with Crippen molar-refractivity contribution in [2.24, 2.45) is 0 Å². The summed E-state index contributed by atoms with van der Waals surface area (Å²) < 4.78 is 0. The van der Waals surface area contributed by atoms with Crippen LogP contribution >= 0.6 is 17.7 Å². The standard InChI is InChI=1S/C4H9O2PS2/c1-2-4(3-5)7(6,8)9/h3-4H,2H2,1H3,(H2,6,8,9). The highest BCUT2D eigenvalue weighted by molar-refractivity contribution is 8.61. The van der Waals surface area contributed by atoms with Crippen LogP contribution in [0.4, 0.5) is 0 Å². The average Bonchev–Trinajstić information content (AvgIpc) is 1.65. The summed E-state index contributed by atoms with van der Waals surface area (Å²) in [6.07, 6.45) is 1.24. The van der Waals surface area contributed by atoms with Crippen LogP contribution in [0.1, 0.15) is 13.3 Å². The zero-order valence-corrected chi connectivity index (χ0v) is 7.63. The Labute approximate surface area is 64.9 Å². The van der Waals surface area contributed by atoms with Crippen LogP contribution < -0.4 is 0 Å². The second-order valence-electron chi connectivity index (χ2n) is 1.70. The summed E-state index contributed by atoms with van der Waals surface area (Å²) in [5, 5.41) is 0. The molecule has 0 radical (unpaired) electrons. The van der Waals surface area contributed by atoms with Crippen molar-refractivity contribution in [2.75, 3.05) is 0 Å². The topological polar surface area (TPSA) is 37.3 Å². The van der Waals surface area contributed by atoms with Gasteiger partial charge in [0.15, 0.2) is 0 Å². The van der Waals surface area contributed by atoms with E-state index in [4.69, 9.17) is 4.89 Å². The Morgan fingerprint density at radius 1 is 2.00 bits per heavy atom. The Balaban J connectivity index is 4.12. The molecule has 0 saturated carbocycles. The van der Waals surface area contributed by atoms with Gasteiger partial charge in [-0.2, -0.15) is 0 Å². The summed E-state index contributed by atoms with van der Waals surface area (Å²) in [7, 11) is 0. The minimum absolute atomic E-state index is 0.434. The molecule has 0 aromatic heterocycles. The molecule has 1 N–H and O–H groups in total. The van der Waals surface area contributed by atoms with Crippen LogP contribution in [0.25, 0.3) is 0 Å². The molecular weight excluding hydrogens is 175 g/mol. The van der Waals surface area contributed by atoms with Gasteiger partial charge in [-0.3, -0.25) is 0 Å². The number of hydrogen-bond acceptors (Lipinski definition) is 2. The number of carbonyl (C=O) groups excluding carboxylic acids is 1. The molecule has 0 aromatic carbocycles. The van der Waals surface area contributed by atoms with Gasteiger partial charge in [-0.05, 0) is 6.42 Å². The molecular formula is C4H9O2PS2. The first-order valence-electron chi connectivity index (χ1n) is 2.53. The SMILES string of the molecule is CCC(C=O)P(O)(=S)S. The van der Waals surface area contributed by atoms with E-state index in [2.05, 4.69) is 24.1 Å². The van der Waals surface area contributed by atoms with E-state index in [0.717, 1.165) is 0 Å². The molecule has 0 amide bonds. The van der Waals surface area contributed by atoms with E-state index in [9.17, 15) is 4.79 Å². The van der Waals surface area contributed by atoms with Crippen LogP contribution in [-0.2, 0) is 16.6 Å². The molecule has 0 fully saturated rings. The minimum Gasteiger partial charge on any atom is -0.357 e. The molecule has 0 aliphatic heterocycles. The van der Waals surface area contributed by atoms with E-state index in [-0.39, 0.29) is 0 Å². The van der Waals surface area contributed by atoms with E-state index in [0.29, 0.717) is 12.7 Å². The molecule has 0 aromatic rings. The molecule has 5 heteroatoms. The van der Waals surface area contributed by atoms with Crippen molar-refractivity contribution in [1.29, 1.82) is 0 Å². The normalized spacial score (nSPS) is 20.3. The van der Waals surface area contributed by atoms with Gasteiger partial charge < -0.3 is 9.69 Å². The first kappa shape index (κ1) is 9.63. The van der Waals surface area contributed by atoms with Crippen molar-refractivity contribution in [3.63, 3.8) is 0 Å². The van der Waals surface area contributed by atoms with E-state index in [1.807, 2.05) is 0 Å². The highest BCUT2D eigenvalue weighted by atomic mass is 32.9. The molecule has 54 valence electrons. The lowest BCUT2D eigenvalue weighted by Gasteiger charge is -2.12. The van der Waals surface area contributed by atoms with Crippen molar-refractivity contribution in [3.05, 3.63) is 0 Å². The first-order valence-corrected chi connectivity index (χ1v) is 6.50. The van der Waals surface area contributed by atoms with E-state index < -0.39 is 11.1 Å². The van der Waals surface area contributed by atoms with Crippen molar-refractivity contribution >= 4 is 35.8 Å². The molecule has 2 atom stereocenters. The van der Waals surface area contributed by atoms with Crippen molar-refractivity contribution < 1.29 is 9.69 Å². The molecule has 0 bridgehead atoms. The molecule has 0 spiro atoms. The third-order valence-corrected chi connectivity index (χ3v) is 4.06. The van der Waals surface area contributed by atoms with Gasteiger partial charge in [0.1, 0.15) is 11.8 Å². The third-order valence-electron chi connectivity index (χ3n) is 1.01. The predicted molar refractivity (Wildman–Crippen MR) is 45.6 cm³/mol. The Morgan fingerprint density at radius 3 is 2.44 bits per heavy atom. The van der Waals surface area contributed by atoms with Crippen LogP contribution in [-0.4, -0.2) is 16.8 Å². The first-order chi connectivity index (χ1) is 4.02. The van der Waals surface area contributed by atoms with Gasteiger partial charge in [0, 0.05) is 0 Å². The fraction of sp³-hybridized carbons (Fsp3) is 0.750. The average molecular weight is 184 g/mol. The molecule has 9 heavy (non-hydrogen) atoms. The fourth-order valence-electron chi connectivity index (χ4n) is 0.413. The Bertz CT molecular complexity index is 142. The molecule has 2 nitrogen and oxygen atoms in total. The van der Waals surface area contributed by atoms with Gasteiger partial charge in [0.2, 0.25) is 0 Å². The maximum absolute atomic E-state index is 10.1. The fourth-order valence-corrected chi connectivity index (χ4v) is 2.30. The lowest BCUT2D eigenvalue weighted by atomic mass is 10.4. The van der Waals surface area contributed by atoms with Gasteiger partial charge in [0.05, 0.1) is 5.66 Å². The van der Waals surface area contributed by atoms with Crippen LogP contribution in [0.5, 0.6) is 0 Å². The predicted octanol–water partition coefficient (Wildman–Crippen LogP) is 1.20. The number of thiol groups is 1. The summed E-state index contributed by atoms with van der Waals surface area (Å²) in [4.78, 5) is 19.2. The van der Waals surface area contributed by atoms with Crippen LogP contribution in [0.3, 0.4) is 0 Å². The van der Waals surface area contributed by atoms with E-state index in [1.54, 1.807) is 6.92 Å². The summed E-state index contributed by atoms with van der Waals surface area (Å²) in [5.41, 5.74) is -3.05. The molecule has 0 heterocycles. The summed E-state index contributed by atoms with van der Waals surface area (Å²) in [6.45, 7) is 1.80. The zero-order chi connectivity index (χ0) is 7.49. The molecule has 0 rings (SSSR count). The van der Waals surface area contributed by atoms with E-state index >= 15 is 0 Å². The van der Waals surface area contributed by atoms with Gasteiger partial charge >= 0.3 is 0 Å². The molecule has 2 unspecified atom stereocenters. The van der Waals surface area contributed by atoms with Crippen LogP contribution in [0, 0.1) is 0 Å². The second-order valence-corrected chi connectivity index (χ2v) is 7.85. The Hall–Kier alpha value is 0.630. The quantitative estimate of drug-likeness (QED) is 0.393. The van der Waals surface area contributed by atoms with Gasteiger partial charge in [0.25, 0.3) is 0 Å². The van der Waals surface area contributed by atoms with Crippen molar-refractivity contribution in [3.8, 4) is 0 Å². The lowest BCUT2D eigenvalue weighted by molar-refractivity contribution is -0.107. The summed E-state index contributed by atoms with van der Waals surface area (Å²) >= 11 is 8.36. The maximum Gasteiger partial charge on any atom is 0.131 e. The molecule has 0 aliphatic carbocycles. The molecule has 0 saturated heterocycles. The van der Waals surface area contributed by atoms with E-state index in [1.165, 1.54) is 0 Å². The van der Waals surface area contributed by atoms with Crippen LogP contribution in [0.2, 0.25) is 0 Å². The van der Waals surface area contributed by atoms with Gasteiger partial charge in [-0.25, -0.2) is 0 Å². The molecule has 0 aliphatic rings. The zero-order valence-electron chi connectivity index (χ0n) is 5.02. The summed E-state index contributed by atoms with van der Waals surface area (Å²) in [5.74, 6) is 0. The second kappa shape index (κ2) is 3.71. The highest BCUT2D eigenvalue weighted by Crippen LogP contribution is 2.51. The lowest BCUT2D eigenvalue weighted by Crippen LogP contribution is -2.04. The monoisotopic (exact) mass is 184 g/mol. The largest absolute Gasteiger partial charge is 0.357 e. The Kier molecular flexibility index (Phi) is 3.97. The van der Waals surface area contributed by atoms with Gasteiger partial charge in [-0.1, -0.05) is 18.7 Å². The van der Waals surface area contributed by atoms with Gasteiger partial charge in [-0.15, -0.1) is 12.2 Å². The van der Waals surface area contributed by atoms with Crippen molar-refractivity contribution in [1.82, 2.24) is 0 Å². The number of rotatable bonds is 3. The number of hydrogen-bond donors (Lipinski definition) is 2. The number of aldehydes is 1. The Morgan fingerprint density at radius 2 is 2.44 bits per heavy atom. The minimum atomic E-state index is -2.62. The van der Waals surface area contributed by atoms with Crippen molar-refractivity contribution in [2.45, 2.75) is 19.0 Å².